The van der Waals surface area contributed by atoms with Crippen LogP contribution >= 0.6 is 46.4 Å². The maximum Gasteiger partial charge on any atom is 0.359 e. The number of nitrogens with one attached hydrogen (secondary N) is 1. The lowest BCUT2D eigenvalue weighted by atomic mass is 10.2. The highest BCUT2D eigenvalue weighted by molar-refractivity contribution is 6.52. The summed E-state index contributed by atoms with van der Waals surface area (Å²) in [5, 5.41) is 2.31. The van der Waals surface area contributed by atoms with Crippen molar-refractivity contribution in [1.29, 1.82) is 0 Å². The maximum absolute atomic E-state index is 11.9. The van der Waals surface area contributed by atoms with Gasteiger partial charge in [0.05, 0.1) is 15.1 Å². The van der Waals surface area contributed by atoms with Crippen molar-refractivity contribution in [2.75, 3.05) is 6.61 Å². The molecule has 0 saturated heterocycles. The lowest BCUT2D eigenvalue weighted by molar-refractivity contribution is -0.124. The van der Waals surface area contributed by atoms with Crippen LogP contribution in [0.1, 0.15) is 36.2 Å². The summed E-state index contributed by atoms with van der Waals surface area (Å²) in [6.45, 7) is -0.425. The third-order valence-corrected chi connectivity index (χ3v) is 4.91. The van der Waals surface area contributed by atoms with E-state index in [4.69, 9.17) is 51.1 Å². The number of carbonyl (C=O) groups excluding carboxylic acids is 2. The molecule has 0 radical (unpaired) electrons. The van der Waals surface area contributed by atoms with Crippen LogP contribution in [0.25, 0.3) is 0 Å². The molecule has 5 nitrogen and oxygen atoms in total. The number of nitrogens with zero attached hydrogens (tertiary/aromatic N) is 1. The Hall–Kier alpha value is -0.750. The van der Waals surface area contributed by atoms with Crippen LogP contribution in [-0.4, -0.2) is 29.5 Å². The second kappa shape index (κ2) is 7.68. The van der Waals surface area contributed by atoms with Gasteiger partial charge in [-0.25, -0.2) is 9.78 Å². The van der Waals surface area contributed by atoms with Crippen LogP contribution in [0.2, 0.25) is 20.2 Å². The first-order chi connectivity index (χ1) is 10.4. The number of pyridine rings is 1. The SMILES string of the molecule is O=C(COC(=O)c1nc(Cl)c(Cl)c(Cl)c1Cl)NC1CCCC1. The zero-order chi connectivity index (χ0) is 16.3. The van der Waals surface area contributed by atoms with Crippen LogP contribution in [0, 0.1) is 0 Å². The number of carbonyl (C=O) groups is 2. The highest BCUT2D eigenvalue weighted by Gasteiger charge is 2.23. The average molecular weight is 386 g/mol. The lowest BCUT2D eigenvalue weighted by Gasteiger charge is -2.12. The minimum atomic E-state index is -0.896. The van der Waals surface area contributed by atoms with Crippen molar-refractivity contribution < 1.29 is 14.3 Å². The highest BCUT2D eigenvalue weighted by Crippen LogP contribution is 2.36. The zero-order valence-electron chi connectivity index (χ0n) is 11.3. The van der Waals surface area contributed by atoms with Gasteiger partial charge in [-0.2, -0.15) is 0 Å². The molecule has 1 N–H and O–H groups in total. The maximum atomic E-state index is 11.9. The Bertz CT molecular complexity index is 603. The van der Waals surface area contributed by atoms with Gasteiger partial charge in [0, 0.05) is 6.04 Å². The zero-order valence-corrected chi connectivity index (χ0v) is 14.3. The van der Waals surface area contributed by atoms with Gasteiger partial charge in [-0.05, 0) is 12.8 Å². The highest BCUT2D eigenvalue weighted by atomic mass is 35.5. The van der Waals surface area contributed by atoms with Crippen molar-refractivity contribution in [3.8, 4) is 0 Å². The minimum Gasteiger partial charge on any atom is -0.451 e. The van der Waals surface area contributed by atoms with Gasteiger partial charge in [0.2, 0.25) is 0 Å². The van der Waals surface area contributed by atoms with Crippen molar-refractivity contribution >= 4 is 58.3 Å². The van der Waals surface area contributed by atoms with Crippen molar-refractivity contribution in [3.63, 3.8) is 0 Å². The van der Waals surface area contributed by atoms with Crippen molar-refractivity contribution in [3.05, 3.63) is 25.9 Å². The molecule has 0 atom stereocenters. The fraction of sp³-hybridized carbons (Fsp3) is 0.462. The van der Waals surface area contributed by atoms with Gasteiger partial charge in [-0.1, -0.05) is 59.2 Å². The molecule has 1 aromatic heterocycles. The molecule has 0 bridgehead atoms. The average Bonchev–Trinajstić information content (AvgIpc) is 2.99. The third-order valence-electron chi connectivity index (χ3n) is 3.23. The van der Waals surface area contributed by atoms with Crippen molar-refractivity contribution in [1.82, 2.24) is 10.3 Å². The van der Waals surface area contributed by atoms with E-state index < -0.39 is 12.6 Å². The second-order valence-corrected chi connectivity index (χ2v) is 6.31. The molecular formula is C13H12Cl4N2O3. The molecule has 1 aliphatic rings. The van der Waals surface area contributed by atoms with Crippen molar-refractivity contribution in [2.24, 2.45) is 0 Å². The van der Waals surface area contributed by atoms with Gasteiger partial charge >= 0.3 is 5.97 Å². The molecule has 9 heteroatoms. The summed E-state index contributed by atoms with van der Waals surface area (Å²) < 4.78 is 4.87. The summed E-state index contributed by atoms with van der Waals surface area (Å²) in [4.78, 5) is 27.3. The van der Waals surface area contributed by atoms with Crippen molar-refractivity contribution in [2.45, 2.75) is 31.7 Å². The summed E-state index contributed by atoms with van der Waals surface area (Å²) in [5.74, 6) is -1.27. The molecule has 1 amide bonds. The molecule has 0 aliphatic heterocycles. The molecule has 0 spiro atoms. The van der Waals surface area contributed by atoms with E-state index in [1.165, 1.54) is 0 Å². The monoisotopic (exact) mass is 384 g/mol. The molecule has 120 valence electrons. The standard InChI is InChI=1S/C13H12Cl4N2O3/c14-8-9(15)11(19-12(17)10(8)16)13(21)22-5-7(20)18-6-3-1-2-4-6/h6H,1-5H2,(H,18,20). The molecule has 2 rings (SSSR count). The smallest absolute Gasteiger partial charge is 0.359 e. The number of esters is 1. The van der Waals surface area contributed by atoms with E-state index in [-0.39, 0.29) is 37.9 Å². The summed E-state index contributed by atoms with van der Waals surface area (Å²) in [6, 6.07) is 0.146. The first kappa shape index (κ1) is 17.6. The molecule has 1 aliphatic carbocycles. The van der Waals surface area contributed by atoms with Gasteiger partial charge in [0.25, 0.3) is 5.91 Å². The summed E-state index contributed by atoms with van der Waals surface area (Å²) >= 11 is 23.2. The van der Waals surface area contributed by atoms with Crippen LogP contribution in [0.3, 0.4) is 0 Å². The van der Waals surface area contributed by atoms with Crippen LogP contribution in [-0.2, 0) is 9.53 Å². The van der Waals surface area contributed by atoms with Gasteiger partial charge < -0.3 is 10.1 Å². The lowest BCUT2D eigenvalue weighted by Crippen LogP contribution is -2.36. The molecule has 1 fully saturated rings. The van der Waals surface area contributed by atoms with E-state index in [2.05, 4.69) is 10.3 Å². The number of halogens is 4. The topological polar surface area (TPSA) is 68.3 Å². The van der Waals surface area contributed by atoms with Gasteiger partial charge in [-0.3, -0.25) is 4.79 Å². The van der Waals surface area contributed by atoms with E-state index in [1.54, 1.807) is 0 Å². The van der Waals surface area contributed by atoms with E-state index in [9.17, 15) is 9.59 Å². The van der Waals surface area contributed by atoms with Crippen LogP contribution < -0.4 is 5.32 Å². The predicted octanol–water partition coefficient (Wildman–Crippen LogP) is 3.91. The first-order valence-electron chi connectivity index (χ1n) is 6.56. The Morgan fingerprint density at radius 3 is 2.36 bits per heavy atom. The fourth-order valence-corrected chi connectivity index (χ4v) is 2.97. The normalized spacial score (nSPS) is 14.9. The number of ether oxygens (including phenoxy) is 1. The Morgan fingerprint density at radius 2 is 1.73 bits per heavy atom. The fourth-order valence-electron chi connectivity index (χ4n) is 2.16. The van der Waals surface area contributed by atoms with E-state index in [0.717, 1.165) is 25.7 Å². The largest absolute Gasteiger partial charge is 0.451 e. The minimum absolute atomic E-state index is 0.0520. The van der Waals surface area contributed by atoms with Crippen LogP contribution in [0.4, 0.5) is 0 Å². The summed E-state index contributed by atoms with van der Waals surface area (Å²) in [5.41, 5.74) is -0.283. The van der Waals surface area contributed by atoms with Gasteiger partial charge in [0.1, 0.15) is 5.15 Å². The van der Waals surface area contributed by atoms with E-state index >= 15 is 0 Å². The summed E-state index contributed by atoms with van der Waals surface area (Å²) in [6.07, 6.45) is 4.06. The number of hydrogen-bond donors (Lipinski definition) is 1. The Morgan fingerprint density at radius 1 is 1.09 bits per heavy atom. The Labute approximate surface area is 147 Å². The van der Waals surface area contributed by atoms with E-state index in [1.807, 2.05) is 0 Å². The first-order valence-corrected chi connectivity index (χ1v) is 8.07. The number of aromatic nitrogens is 1. The number of rotatable bonds is 4. The van der Waals surface area contributed by atoms with Crippen LogP contribution in [0.15, 0.2) is 0 Å². The Kier molecular flexibility index (Phi) is 6.15. The number of hydrogen-bond acceptors (Lipinski definition) is 4. The quantitative estimate of drug-likeness (QED) is 0.630. The predicted molar refractivity (Wildman–Crippen MR) is 85.0 cm³/mol. The van der Waals surface area contributed by atoms with E-state index in [0.29, 0.717) is 0 Å². The molecular weight excluding hydrogens is 374 g/mol. The second-order valence-electron chi connectivity index (χ2n) is 4.82. The molecule has 0 aromatic carbocycles. The van der Waals surface area contributed by atoms with Gasteiger partial charge in [0.15, 0.2) is 12.3 Å². The molecule has 0 unspecified atom stereocenters. The summed E-state index contributed by atoms with van der Waals surface area (Å²) in [7, 11) is 0. The van der Waals surface area contributed by atoms with Gasteiger partial charge in [-0.15, -0.1) is 0 Å². The molecule has 1 heterocycles. The molecule has 1 saturated carbocycles. The van der Waals surface area contributed by atoms with Crippen LogP contribution in [0.5, 0.6) is 0 Å². The Balaban J connectivity index is 1.96. The molecule has 22 heavy (non-hydrogen) atoms. The number of amides is 1. The third kappa shape index (κ3) is 4.16. The molecule has 1 aromatic rings.